The molecule has 3 aromatic rings. The number of aryl methyl sites for hydroxylation is 3. The summed E-state index contributed by atoms with van der Waals surface area (Å²) in [5, 5.41) is 7.41. The fraction of sp³-hybridized carbons (Fsp3) is 0.776. The monoisotopic (exact) mass is 1250 g/mol. The molecular weight excluding hydrogens is 1170 g/mol. The second-order valence-electron chi connectivity index (χ2n) is 22.0. The van der Waals surface area contributed by atoms with Gasteiger partial charge in [-0.1, -0.05) is 57.8 Å². The molecule has 82 heavy (non-hydrogen) atoms. The quantitative estimate of drug-likeness (QED) is 0.141. The highest BCUT2D eigenvalue weighted by Crippen LogP contribution is 2.37. The lowest BCUT2D eigenvalue weighted by Crippen LogP contribution is -2.62. The average Bonchev–Trinajstić information content (AvgIpc) is 4.33. The molecule has 6 heterocycles. The number of hydrogen-bond donors (Lipinski definition) is 4. The zero-order valence-electron chi connectivity index (χ0n) is 46.8. The Morgan fingerprint density at radius 3 is 1.11 bits per heavy atom. The molecule has 0 radical (unpaired) electrons. The Bertz CT molecular complexity index is 2870. The predicted octanol–water partition coefficient (Wildman–Crippen LogP) is 3.12. The summed E-state index contributed by atoms with van der Waals surface area (Å²) in [5.74, 6) is -3.75. The molecule has 3 aliphatic carbocycles. The first-order valence-electron chi connectivity index (χ1n) is 27.7. The SMILES string of the molecule is Cn1cnc(S(=O)(=O)Cl)c1.Cn1cnc(S(=O)(=O)N2CCN(C3(CN)CCCCC3)CC2)c1.Cn1cnc(S(=O)(=O)N2CCN(C3(CNC(=O)C(F)(F)F)CCCCC3)CC2)c1.O=C(NCC1(N2CCNCC2)CCCCC1)C(F)(F)F. The molecule has 466 valence electrons. The van der Waals surface area contributed by atoms with Gasteiger partial charge < -0.3 is 35.4 Å². The highest BCUT2D eigenvalue weighted by molar-refractivity contribution is 8.13. The van der Waals surface area contributed by atoms with Crippen LogP contribution in [-0.2, 0) is 59.8 Å². The number of piperazine rings is 3. The maximum Gasteiger partial charge on any atom is 0.471 e. The minimum atomic E-state index is -4.91. The van der Waals surface area contributed by atoms with Crippen molar-refractivity contribution in [2.24, 2.45) is 26.9 Å². The summed E-state index contributed by atoms with van der Waals surface area (Å²) in [6, 6.07) is 0. The van der Waals surface area contributed by atoms with E-state index in [1.54, 1.807) is 40.8 Å². The van der Waals surface area contributed by atoms with Gasteiger partial charge >= 0.3 is 24.2 Å². The fourth-order valence-corrected chi connectivity index (χ4v) is 15.4. The van der Waals surface area contributed by atoms with Gasteiger partial charge in [0.2, 0.25) is 0 Å². The van der Waals surface area contributed by atoms with Gasteiger partial charge in [0.05, 0.1) is 19.0 Å². The van der Waals surface area contributed by atoms with Crippen LogP contribution in [0.1, 0.15) is 96.3 Å². The number of nitrogens with two attached hydrogens (primary N) is 1. The Morgan fingerprint density at radius 2 is 0.829 bits per heavy atom. The van der Waals surface area contributed by atoms with Crippen molar-refractivity contribution in [1.29, 1.82) is 0 Å². The van der Waals surface area contributed by atoms with Crippen LogP contribution in [0, 0.1) is 0 Å². The molecule has 3 saturated carbocycles. The average molecular weight is 1250 g/mol. The number of imidazole rings is 3. The second-order valence-corrected chi connectivity index (χ2v) is 28.3. The first-order valence-corrected chi connectivity index (χ1v) is 32.9. The Morgan fingerprint density at radius 1 is 0.524 bits per heavy atom. The summed E-state index contributed by atoms with van der Waals surface area (Å²) >= 11 is 0. The molecule has 33 heteroatoms. The number of amides is 2. The minimum Gasteiger partial charge on any atom is -0.346 e. The number of nitrogens with zero attached hydrogens (tertiary/aromatic N) is 11. The standard InChI is InChI=1S/C17H26F3N5O3S.C15H27N5O2S.C13H22F3N3O.C4H5ClN2O2S/c1-23-11-14(22-13-23)29(27,28)25-9-7-24(8-10-25)16(5-3-2-4-6-16)12-21-15(26)17(18,19)20;1-18-11-14(17-13-18)23(21,22)20-9-7-19(8-10-20)15(12-16)5-3-2-4-6-15;14-13(15,16)11(20)18-10-12(4-2-1-3-5-12)19-8-6-17-7-9-19;1-7-2-4(6-3-7)10(5,8)9/h11,13H,2-10,12H2,1H3,(H,21,26);11,13H,2-10,12,16H2,1H3;17H,1-10H2,(H,18,20);2-3H,1H3. The Labute approximate surface area is 481 Å². The number of nitrogens with one attached hydrogen (secondary N) is 3. The van der Waals surface area contributed by atoms with Crippen LogP contribution >= 0.6 is 10.7 Å². The van der Waals surface area contributed by atoms with Crippen LogP contribution in [0.2, 0.25) is 0 Å². The number of alkyl halides is 6. The van der Waals surface area contributed by atoms with Gasteiger partial charge in [-0.15, -0.1) is 0 Å². The van der Waals surface area contributed by atoms with E-state index in [1.807, 2.05) is 4.90 Å². The molecule has 0 atom stereocenters. The van der Waals surface area contributed by atoms with E-state index >= 15 is 0 Å². The van der Waals surface area contributed by atoms with E-state index in [9.17, 15) is 61.2 Å². The number of rotatable bonds is 13. The van der Waals surface area contributed by atoms with Crippen molar-refractivity contribution in [3.05, 3.63) is 37.6 Å². The van der Waals surface area contributed by atoms with E-state index < -0.39 is 58.8 Å². The first-order chi connectivity index (χ1) is 38.5. The van der Waals surface area contributed by atoms with Crippen LogP contribution in [0.3, 0.4) is 0 Å². The smallest absolute Gasteiger partial charge is 0.346 e. The third-order valence-electron chi connectivity index (χ3n) is 16.5. The van der Waals surface area contributed by atoms with E-state index in [0.717, 1.165) is 103 Å². The predicted molar refractivity (Wildman–Crippen MR) is 292 cm³/mol. The summed E-state index contributed by atoms with van der Waals surface area (Å²) in [4.78, 5) is 40.6. The molecule has 0 unspecified atom stereocenters. The van der Waals surface area contributed by atoms with Crippen LogP contribution in [0.4, 0.5) is 26.3 Å². The van der Waals surface area contributed by atoms with Crippen LogP contribution < -0.4 is 21.7 Å². The number of halogens is 7. The molecule has 6 fully saturated rings. The largest absolute Gasteiger partial charge is 0.471 e. The van der Waals surface area contributed by atoms with Crippen LogP contribution in [-0.4, -0.2) is 216 Å². The summed E-state index contributed by atoms with van der Waals surface area (Å²) < 4.78 is 154. The third-order valence-corrected chi connectivity index (χ3v) is 21.3. The van der Waals surface area contributed by atoms with Crippen molar-refractivity contribution < 1.29 is 61.2 Å². The molecule has 3 aromatic heterocycles. The molecule has 0 bridgehead atoms. The molecule has 2 amide bonds. The lowest BCUT2D eigenvalue weighted by atomic mass is 9.79. The van der Waals surface area contributed by atoms with Crippen molar-refractivity contribution in [3.8, 4) is 0 Å². The van der Waals surface area contributed by atoms with Crippen LogP contribution in [0.25, 0.3) is 0 Å². The summed E-state index contributed by atoms with van der Waals surface area (Å²) in [7, 11) is -0.728. The van der Waals surface area contributed by atoms with Crippen molar-refractivity contribution in [1.82, 2.24) is 67.9 Å². The molecular formula is C49H80ClF6N15O8S3. The van der Waals surface area contributed by atoms with E-state index in [2.05, 4.69) is 40.7 Å². The summed E-state index contributed by atoms with van der Waals surface area (Å²) in [5.41, 5.74) is 5.32. The van der Waals surface area contributed by atoms with Gasteiger partial charge in [-0.25, -0.2) is 40.2 Å². The van der Waals surface area contributed by atoms with Crippen LogP contribution in [0.5, 0.6) is 0 Å². The zero-order valence-corrected chi connectivity index (χ0v) is 50.0. The Balaban J connectivity index is 0.000000185. The zero-order chi connectivity index (χ0) is 60.2. The number of aromatic nitrogens is 6. The highest BCUT2D eigenvalue weighted by atomic mass is 35.7. The lowest BCUT2D eigenvalue weighted by molar-refractivity contribution is -0.174. The number of carbonyl (C=O) groups excluding carboxylic acids is 2. The number of hydrogen-bond acceptors (Lipinski definition) is 16. The van der Waals surface area contributed by atoms with Gasteiger partial charge in [0.1, 0.15) is 0 Å². The van der Waals surface area contributed by atoms with E-state index in [1.165, 1.54) is 59.5 Å². The minimum absolute atomic E-state index is 0.0155. The summed E-state index contributed by atoms with van der Waals surface area (Å²) in [6.07, 6.45) is 14.0. The van der Waals surface area contributed by atoms with Gasteiger partial charge in [0, 0.05) is 165 Å². The van der Waals surface area contributed by atoms with Gasteiger partial charge in [0.15, 0.2) is 15.1 Å². The molecule has 0 aromatic carbocycles. The summed E-state index contributed by atoms with van der Waals surface area (Å²) in [6.45, 7) is 7.86. The molecule has 23 nitrogen and oxygen atoms in total. The fourth-order valence-electron chi connectivity index (χ4n) is 11.9. The molecule has 0 spiro atoms. The van der Waals surface area contributed by atoms with E-state index in [0.29, 0.717) is 45.6 Å². The highest BCUT2D eigenvalue weighted by Gasteiger charge is 2.46. The molecule has 6 aliphatic rings. The Kier molecular flexibility index (Phi) is 23.3. The molecule has 9 rings (SSSR count). The number of carbonyl (C=O) groups is 2. The van der Waals surface area contributed by atoms with E-state index in [-0.39, 0.29) is 52.3 Å². The topological polar surface area (TPSA) is 268 Å². The van der Waals surface area contributed by atoms with Gasteiger partial charge in [-0.3, -0.25) is 24.3 Å². The van der Waals surface area contributed by atoms with Crippen molar-refractivity contribution in [2.45, 2.75) is 140 Å². The van der Waals surface area contributed by atoms with Gasteiger partial charge in [-0.05, 0) is 38.5 Å². The third kappa shape index (κ3) is 17.6. The second kappa shape index (κ2) is 28.5. The van der Waals surface area contributed by atoms with E-state index in [4.69, 9.17) is 16.4 Å². The Hall–Kier alpha value is -3.99. The normalized spacial score (nSPS) is 21.8. The first kappa shape index (κ1) is 67.1. The van der Waals surface area contributed by atoms with Crippen molar-refractivity contribution >= 4 is 51.6 Å². The molecule has 3 saturated heterocycles. The van der Waals surface area contributed by atoms with Crippen molar-refractivity contribution in [2.75, 3.05) is 98.2 Å². The van der Waals surface area contributed by atoms with Gasteiger partial charge in [0.25, 0.3) is 29.1 Å². The molecule has 3 aliphatic heterocycles. The maximum absolute atomic E-state index is 12.7. The van der Waals surface area contributed by atoms with Gasteiger partial charge in [-0.2, -0.15) is 35.0 Å². The molecule has 5 N–H and O–H groups in total. The number of sulfonamides is 2. The lowest BCUT2D eigenvalue weighted by Gasteiger charge is -2.49. The maximum atomic E-state index is 12.7. The van der Waals surface area contributed by atoms with Crippen LogP contribution in [0.15, 0.2) is 52.7 Å². The van der Waals surface area contributed by atoms with Crippen molar-refractivity contribution in [3.63, 3.8) is 0 Å².